The molecule has 3 aromatic rings. The Labute approximate surface area is 201 Å². The van der Waals surface area contributed by atoms with Crippen molar-refractivity contribution in [1.29, 1.82) is 0 Å². The van der Waals surface area contributed by atoms with Gasteiger partial charge in [-0.15, -0.1) is 10.1 Å². The Morgan fingerprint density at radius 2 is 1.85 bits per heavy atom. The molecule has 0 unspecified atom stereocenters. The third kappa shape index (κ3) is 4.87. The first-order valence-electron chi connectivity index (χ1n) is 9.78. The van der Waals surface area contributed by atoms with E-state index in [1.54, 1.807) is 0 Å². The van der Waals surface area contributed by atoms with Crippen molar-refractivity contribution >= 4 is 34.2 Å². The first kappa shape index (κ1) is 25.5. The molecular weight excluding hydrogens is 498 g/mol. The monoisotopic (exact) mass is 516 g/mol. The van der Waals surface area contributed by atoms with Gasteiger partial charge < -0.3 is 29.8 Å². The molecule has 1 aliphatic heterocycles. The molecule has 182 valence electrons. The molecule has 1 fully saturated rings. The normalized spacial score (nSPS) is 18.0. The number of phenols is 2. The highest BCUT2D eigenvalue weighted by molar-refractivity contribution is 6.36. The van der Waals surface area contributed by atoms with Crippen molar-refractivity contribution in [3.05, 3.63) is 66.0 Å². The number of hydrogen-bond acceptors (Lipinski definition) is 8. The van der Waals surface area contributed by atoms with Crippen LogP contribution in [0.2, 0.25) is 10.0 Å². The van der Waals surface area contributed by atoms with Gasteiger partial charge in [-0.05, 0) is 32.1 Å². The van der Waals surface area contributed by atoms with E-state index in [1.165, 1.54) is 6.07 Å². The van der Waals surface area contributed by atoms with E-state index in [-0.39, 0.29) is 56.7 Å². The SMILES string of the molecule is CN1CC[C@H](c2c(O)cc(O)c3c(=O)cc(-c4cc(F)c(Cl)cc4Cl)oc23)[C@H]1CO.O=[N+]([O-])O. The van der Waals surface area contributed by atoms with Crippen molar-refractivity contribution in [3.8, 4) is 22.8 Å². The van der Waals surface area contributed by atoms with E-state index in [2.05, 4.69) is 0 Å². The summed E-state index contributed by atoms with van der Waals surface area (Å²) in [6, 6.07) is 4.13. The fourth-order valence-corrected chi connectivity index (χ4v) is 4.61. The highest BCUT2D eigenvalue weighted by Gasteiger charge is 2.36. The van der Waals surface area contributed by atoms with Crippen LogP contribution in [0.4, 0.5) is 4.39 Å². The predicted molar refractivity (Wildman–Crippen MR) is 121 cm³/mol. The second-order valence-corrected chi connectivity index (χ2v) is 8.43. The second-order valence-electron chi connectivity index (χ2n) is 7.62. The highest BCUT2D eigenvalue weighted by Crippen LogP contribution is 2.44. The minimum atomic E-state index is -1.50. The fraction of sp³-hybridized carbons (Fsp3) is 0.286. The van der Waals surface area contributed by atoms with E-state index in [1.807, 2.05) is 11.9 Å². The third-order valence-corrected chi connectivity index (χ3v) is 6.26. The maximum atomic E-state index is 14.0. The van der Waals surface area contributed by atoms with Gasteiger partial charge in [0.15, 0.2) is 5.43 Å². The number of aliphatic hydroxyl groups excluding tert-OH is 1. The minimum absolute atomic E-state index is 0.0276. The average Bonchev–Trinajstić information content (AvgIpc) is 3.09. The van der Waals surface area contributed by atoms with Crippen LogP contribution in [-0.2, 0) is 0 Å². The maximum absolute atomic E-state index is 14.0. The van der Waals surface area contributed by atoms with Crippen LogP contribution in [0.5, 0.6) is 11.5 Å². The van der Waals surface area contributed by atoms with Gasteiger partial charge in [0.2, 0.25) is 0 Å². The van der Waals surface area contributed by atoms with Crippen molar-refractivity contribution < 1.29 is 34.4 Å². The van der Waals surface area contributed by atoms with Crippen LogP contribution in [0.1, 0.15) is 17.9 Å². The molecule has 0 bridgehead atoms. The predicted octanol–water partition coefficient (Wildman–Crippen LogP) is 3.75. The number of rotatable bonds is 3. The number of fused-ring (bicyclic) bond motifs is 1. The summed E-state index contributed by atoms with van der Waals surface area (Å²) in [6.45, 7) is 0.497. The van der Waals surface area contributed by atoms with Gasteiger partial charge >= 0.3 is 0 Å². The molecule has 10 nitrogen and oxygen atoms in total. The van der Waals surface area contributed by atoms with Crippen LogP contribution in [0.25, 0.3) is 22.3 Å². The zero-order chi connectivity index (χ0) is 25.3. The maximum Gasteiger partial charge on any atom is 0.291 e. The fourth-order valence-electron chi connectivity index (χ4n) is 4.14. The third-order valence-electron chi connectivity index (χ3n) is 5.65. The molecule has 2 heterocycles. The zero-order valence-corrected chi connectivity index (χ0v) is 19.0. The van der Waals surface area contributed by atoms with Crippen molar-refractivity contribution in [2.24, 2.45) is 0 Å². The molecule has 4 rings (SSSR count). The summed E-state index contributed by atoms with van der Waals surface area (Å²) in [7, 11) is 1.85. The van der Waals surface area contributed by atoms with Gasteiger partial charge in [-0.3, -0.25) is 4.79 Å². The molecule has 34 heavy (non-hydrogen) atoms. The Balaban J connectivity index is 0.000000751. The van der Waals surface area contributed by atoms with E-state index >= 15 is 0 Å². The summed E-state index contributed by atoms with van der Waals surface area (Å²) in [6.07, 6.45) is 0.597. The smallest absolute Gasteiger partial charge is 0.291 e. The van der Waals surface area contributed by atoms with E-state index in [4.69, 9.17) is 42.9 Å². The molecular formula is C21H19Cl2FN2O8. The van der Waals surface area contributed by atoms with Crippen LogP contribution in [-0.4, -0.2) is 56.8 Å². The zero-order valence-electron chi connectivity index (χ0n) is 17.5. The topological polar surface area (TPSA) is 158 Å². The molecule has 13 heteroatoms. The second kappa shape index (κ2) is 10.0. The Hall–Kier alpha value is -3.12. The lowest BCUT2D eigenvalue weighted by molar-refractivity contribution is -0.742. The Morgan fingerprint density at radius 1 is 1.21 bits per heavy atom. The van der Waals surface area contributed by atoms with Gasteiger partial charge in [0, 0.05) is 35.2 Å². The average molecular weight is 517 g/mol. The van der Waals surface area contributed by atoms with Gasteiger partial charge in [0.05, 0.1) is 16.7 Å². The molecule has 4 N–H and O–H groups in total. The Kier molecular flexibility index (Phi) is 7.51. The Bertz CT molecular complexity index is 1310. The number of benzene rings is 2. The van der Waals surface area contributed by atoms with E-state index in [0.29, 0.717) is 18.5 Å². The molecule has 1 saturated heterocycles. The number of hydrogen-bond donors (Lipinski definition) is 4. The molecule has 1 aromatic heterocycles. The van der Waals surface area contributed by atoms with Crippen molar-refractivity contribution in [3.63, 3.8) is 0 Å². The number of likely N-dealkylation sites (tertiary alicyclic amines) is 1. The molecule has 0 aliphatic carbocycles. The van der Waals surface area contributed by atoms with Crippen LogP contribution in [0.15, 0.2) is 33.5 Å². The number of halogens is 3. The van der Waals surface area contributed by atoms with E-state index in [9.17, 15) is 24.5 Å². The molecule has 0 saturated carbocycles. The first-order valence-corrected chi connectivity index (χ1v) is 10.5. The van der Waals surface area contributed by atoms with Gasteiger partial charge in [0.1, 0.15) is 34.0 Å². The lowest BCUT2D eigenvalue weighted by atomic mass is 9.89. The van der Waals surface area contributed by atoms with Crippen molar-refractivity contribution in [1.82, 2.24) is 4.90 Å². The summed E-state index contributed by atoms with van der Waals surface area (Å²) in [5.74, 6) is -1.82. The van der Waals surface area contributed by atoms with Crippen LogP contribution in [0, 0.1) is 15.9 Å². The molecule has 0 amide bonds. The van der Waals surface area contributed by atoms with E-state index in [0.717, 1.165) is 18.2 Å². The minimum Gasteiger partial charge on any atom is -0.507 e. The number of nitrogens with zero attached hydrogens (tertiary/aromatic N) is 2. The highest BCUT2D eigenvalue weighted by atomic mass is 35.5. The number of aromatic hydroxyl groups is 2. The van der Waals surface area contributed by atoms with Crippen molar-refractivity contribution in [2.75, 3.05) is 20.2 Å². The van der Waals surface area contributed by atoms with Crippen LogP contribution >= 0.6 is 23.2 Å². The lowest BCUT2D eigenvalue weighted by Gasteiger charge is -2.24. The molecule has 2 aromatic carbocycles. The molecule has 1 aliphatic rings. The molecule has 0 spiro atoms. The summed E-state index contributed by atoms with van der Waals surface area (Å²) in [4.78, 5) is 23.1. The van der Waals surface area contributed by atoms with Crippen LogP contribution in [0.3, 0.4) is 0 Å². The van der Waals surface area contributed by atoms with E-state index < -0.39 is 22.1 Å². The van der Waals surface area contributed by atoms with Gasteiger partial charge in [-0.1, -0.05) is 23.2 Å². The quantitative estimate of drug-likeness (QED) is 0.231. The first-order chi connectivity index (χ1) is 16.0. The largest absolute Gasteiger partial charge is 0.507 e. The van der Waals surface area contributed by atoms with Gasteiger partial charge in [-0.2, -0.15) is 0 Å². The lowest BCUT2D eigenvalue weighted by Crippen LogP contribution is -2.32. The molecule has 0 radical (unpaired) electrons. The Morgan fingerprint density at radius 3 is 2.47 bits per heavy atom. The van der Waals surface area contributed by atoms with Crippen LogP contribution < -0.4 is 5.43 Å². The summed E-state index contributed by atoms with van der Waals surface area (Å²) in [5.41, 5.74) is -0.201. The summed E-state index contributed by atoms with van der Waals surface area (Å²) >= 11 is 11.9. The summed E-state index contributed by atoms with van der Waals surface area (Å²) < 4.78 is 20.0. The van der Waals surface area contributed by atoms with Gasteiger partial charge in [0.25, 0.3) is 5.09 Å². The number of aliphatic hydroxyl groups is 1. The number of likely N-dealkylation sites (N-methyl/N-ethyl adjacent to an activating group) is 1. The van der Waals surface area contributed by atoms with Gasteiger partial charge in [-0.25, -0.2) is 4.39 Å². The molecule has 2 atom stereocenters. The van der Waals surface area contributed by atoms with Crippen molar-refractivity contribution in [2.45, 2.75) is 18.4 Å². The summed E-state index contributed by atoms with van der Waals surface area (Å²) in [5, 5.41) is 44.2. The standard InChI is InChI=1S/C21H18Cl2FNO5.HNO3/c1-25-3-2-9(14(25)8-26)19-15(27)6-16(28)20-17(29)7-18(30-21(19)20)10-4-13(24)12(23)5-11(10)22;2-1(3)4/h4-7,9,14,26-28H,2-3,8H2,1H3;(H,2,3,4)/t9-,14+;/m0./s1. The number of phenolic OH excluding ortho intramolecular Hbond substituents is 2.